The van der Waals surface area contributed by atoms with Gasteiger partial charge in [0.1, 0.15) is 0 Å². The molecule has 0 aromatic carbocycles. The van der Waals surface area contributed by atoms with Gasteiger partial charge in [-0.1, -0.05) is 0 Å². The summed E-state index contributed by atoms with van der Waals surface area (Å²) < 4.78 is 0.833. The second-order valence-electron chi connectivity index (χ2n) is 4.83. The van der Waals surface area contributed by atoms with Gasteiger partial charge < -0.3 is 0 Å². The molecule has 0 saturated heterocycles. The van der Waals surface area contributed by atoms with Crippen molar-refractivity contribution in [3.63, 3.8) is 0 Å². The Morgan fingerprint density at radius 3 is 2.08 bits per heavy atom. The molecular weight excluding hydrogens is 205 g/mol. The maximum atomic E-state index is 2.48. The van der Waals surface area contributed by atoms with E-state index in [4.69, 9.17) is 0 Å². The third kappa shape index (κ3) is 2.25. The fourth-order valence-electron chi connectivity index (χ4n) is 1.37. The van der Waals surface area contributed by atoms with Gasteiger partial charge in [0, 0.05) is 0 Å². The second-order valence-corrected chi connectivity index (χ2v) is 10.8. The Hall–Kier alpha value is 0.0229. The minimum atomic E-state index is -0.743. The normalized spacial score (nSPS) is 23.5. The minimum absolute atomic E-state index is 0.346. The van der Waals surface area contributed by atoms with E-state index in [1.165, 1.54) is 5.57 Å². The molecule has 0 fully saturated rings. The van der Waals surface area contributed by atoms with Crippen LogP contribution in [-0.2, 0) is 0 Å². The molecular formula is C11H19Ge. The van der Waals surface area contributed by atoms with Crippen LogP contribution in [0.5, 0.6) is 0 Å². The van der Waals surface area contributed by atoms with Crippen molar-refractivity contribution < 1.29 is 0 Å². The van der Waals surface area contributed by atoms with E-state index in [0.29, 0.717) is 5.41 Å². The van der Waals surface area contributed by atoms with Gasteiger partial charge in [0.05, 0.1) is 0 Å². The third-order valence-electron chi connectivity index (χ3n) is 2.37. The van der Waals surface area contributed by atoms with Crippen LogP contribution in [-0.4, -0.2) is 14.3 Å². The average Bonchev–Trinajstić information content (AvgIpc) is 2.30. The van der Waals surface area contributed by atoms with Gasteiger partial charge in [0.2, 0.25) is 0 Å². The summed E-state index contributed by atoms with van der Waals surface area (Å²) >= 11 is -0.743. The summed E-state index contributed by atoms with van der Waals surface area (Å²) in [5, 5.41) is 0. The van der Waals surface area contributed by atoms with Crippen LogP contribution in [0.15, 0.2) is 23.8 Å². The summed E-state index contributed by atoms with van der Waals surface area (Å²) in [6, 6.07) is 0. The maximum absolute atomic E-state index is 2.48. The van der Waals surface area contributed by atoms with Gasteiger partial charge in [-0.05, 0) is 0 Å². The number of allylic oxidation sites excluding steroid dienone is 4. The summed E-state index contributed by atoms with van der Waals surface area (Å²) in [4.78, 5) is 0. The van der Waals surface area contributed by atoms with Gasteiger partial charge in [-0.25, -0.2) is 0 Å². The first kappa shape index (κ1) is 10.1. The van der Waals surface area contributed by atoms with Gasteiger partial charge in [0.25, 0.3) is 0 Å². The molecule has 1 heteroatoms. The van der Waals surface area contributed by atoms with Crippen LogP contribution in [0.25, 0.3) is 0 Å². The Labute approximate surface area is 80.9 Å². The Morgan fingerprint density at radius 2 is 1.83 bits per heavy atom. The summed E-state index contributed by atoms with van der Waals surface area (Å²) in [6.45, 7) is 6.86. The van der Waals surface area contributed by atoms with E-state index >= 15 is 0 Å². The zero-order valence-electron chi connectivity index (χ0n) is 8.81. The number of hydrogen-bond acceptors (Lipinski definition) is 0. The van der Waals surface area contributed by atoms with Crippen LogP contribution in [0.1, 0.15) is 20.8 Å². The Morgan fingerprint density at radius 1 is 1.25 bits per heavy atom. The van der Waals surface area contributed by atoms with Crippen molar-refractivity contribution in [1.82, 2.24) is 0 Å². The van der Waals surface area contributed by atoms with Gasteiger partial charge in [0.15, 0.2) is 0 Å². The van der Waals surface area contributed by atoms with Gasteiger partial charge in [-0.15, -0.1) is 0 Å². The zero-order valence-corrected chi connectivity index (χ0v) is 10.9. The molecule has 0 N–H and O–H groups in total. The van der Waals surface area contributed by atoms with E-state index in [-0.39, 0.29) is 0 Å². The summed E-state index contributed by atoms with van der Waals surface area (Å²) in [7, 11) is 0. The molecule has 0 aromatic heterocycles. The molecule has 0 heterocycles. The molecule has 12 heavy (non-hydrogen) atoms. The molecule has 1 aliphatic carbocycles. The van der Waals surface area contributed by atoms with E-state index in [1.54, 1.807) is 0 Å². The standard InChI is InChI=1S/C11H19Ge/c1-11(2,3)9-6-7-10(8-9)12(4)5/h6-8,10H,1-5H3. The van der Waals surface area contributed by atoms with Crippen LogP contribution >= 0.6 is 0 Å². The molecule has 0 amide bonds. The van der Waals surface area contributed by atoms with Crippen LogP contribution < -0.4 is 0 Å². The summed E-state index contributed by atoms with van der Waals surface area (Å²) in [5.41, 5.74) is 1.88. The first-order valence-electron chi connectivity index (χ1n) is 4.62. The predicted molar refractivity (Wildman–Crippen MR) is 57.9 cm³/mol. The fraction of sp³-hybridized carbons (Fsp3) is 0.636. The molecule has 67 valence electrons. The molecule has 0 aromatic rings. The number of hydrogen-bond donors (Lipinski definition) is 0. The van der Waals surface area contributed by atoms with E-state index in [1.807, 2.05) is 0 Å². The van der Waals surface area contributed by atoms with Crippen molar-refractivity contribution >= 4 is 14.3 Å². The average molecular weight is 224 g/mol. The molecule has 0 aliphatic heterocycles. The van der Waals surface area contributed by atoms with Gasteiger partial charge in [-0.2, -0.15) is 0 Å². The first-order chi connectivity index (χ1) is 5.41. The Kier molecular flexibility index (Phi) is 2.87. The van der Waals surface area contributed by atoms with Crippen LogP contribution in [0.2, 0.25) is 16.3 Å². The molecule has 1 unspecified atom stereocenters. The molecule has 1 rings (SSSR count). The van der Waals surface area contributed by atoms with Crippen molar-refractivity contribution in [2.75, 3.05) is 0 Å². The summed E-state index contributed by atoms with van der Waals surface area (Å²) in [6.07, 6.45) is 7.20. The van der Waals surface area contributed by atoms with Crippen LogP contribution in [0.4, 0.5) is 0 Å². The molecule has 1 radical (unpaired) electrons. The molecule has 1 aliphatic rings. The van der Waals surface area contributed by atoms with E-state index < -0.39 is 14.3 Å². The van der Waals surface area contributed by atoms with Crippen LogP contribution in [0, 0.1) is 5.41 Å². The first-order valence-corrected chi connectivity index (χ1v) is 10.0. The van der Waals surface area contributed by atoms with Crippen molar-refractivity contribution in [2.45, 2.75) is 37.0 Å². The Bertz CT molecular complexity index is 216. The van der Waals surface area contributed by atoms with Crippen molar-refractivity contribution in [3.05, 3.63) is 23.8 Å². The zero-order chi connectivity index (χ0) is 9.35. The molecule has 0 nitrogen and oxygen atoms in total. The van der Waals surface area contributed by atoms with E-state index in [9.17, 15) is 0 Å². The van der Waals surface area contributed by atoms with Gasteiger partial charge >= 0.3 is 80.6 Å². The van der Waals surface area contributed by atoms with Gasteiger partial charge in [-0.3, -0.25) is 0 Å². The monoisotopic (exact) mass is 225 g/mol. The van der Waals surface area contributed by atoms with Crippen molar-refractivity contribution in [3.8, 4) is 0 Å². The molecule has 0 spiro atoms. The second kappa shape index (κ2) is 3.41. The fourth-order valence-corrected chi connectivity index (χ4v) is 3.46. The Balaban J connectivity index is 2.75. The van der Waals surface area contributed by atoms with Crippen molar-refractivity contribution in [2.24, 2.45) is 5.41 Å². The quantitative estimate of drug-likeness (QED) is 0.596. The molecule has 0 saturated carbocycles. The predicted octanol–water partition coefficient (Wildman–Crippen LogP) is 3.65. The third-order valence-corrected chi connectivity index (χ3v) is 5.93. The van der Waals surface area contributed by atoms with E-state index in [0.717, 1.165) is 4.75 Å². The van der Waals surface area contributed by atoms with E-state index in [2.05, 4.69) is 50.5 Å². The summed E-state index contributed by atoms with van der Waals surface area (Å²) in [5.74, 6) is 4.88. The molecule has 0 bridgehead atoms. The molecule has 1 atom stereocenters. The number of rotatable bonds is 1. The topological polar surface area (TPSA) is 0 Å². The van der Waals surface area contributed by atoms with Crippen LogP contribution in [0.3, 0.4) is 0 Å². The SMILES string of the molecule is [CH3][Ge]([CH3])[CH]1C=CC(C(C)(C)C)=C1. The van der Waals surface area contributed by atoms with Crippen molar-refractivity contribution in [1.29, 1.82) is 0 Å².